The van der Waals surface area contributed by atoms with Gasteiger partial charge in [-0.3, -0.25) is 14.5 Å². The summed E-state index contributed by atoms with van der Waals surface area (Å²) in [6.07, 6.45) is 3.69. The second-order valence-corrected chi connectivity index (χ2v) is 11.8. The number of aromatic nitrogens is 5. The van der Waals surface area contributed by atoms with Crippen LogP contribution in [0.25, 0.3) is 27.6 Å². The molecule has 0 saturated carbocycles. The number of anilines is 1. The number of carbonyl (C=O) groups excluding carboxylic acids is 3. The molecule has 0 aliphatic carbocycles. The first-order valence-electron chi connectivity index (χ1n) is 14.5. The molecule has 1 aliphatic heterocycles. The Balaban J connectivity index is 1.43. The number of amides is 3. The fourth-order valence-corrected chi connectivity index (χ4v) is 5.47. The van der Waals surface area contributed by atoms with Gasteiger partial charge in [0.25, 0.3) is 5.91 Å². The Bertz CT molecular complexity index is 1950. The molecule has 0 spiro atoms. The van der Waals surface area contributed by atoms with Crippen molar-refractivity contribution in [1.29, 1.82) is 0 Å². The lowest BCUT2D eigenvalue weighted by atomic mass is 10.0. The molecule has 12 nitrogen and oxygen atoms in total. The molecule has 13 heteroatoms. The summed E-state index contributed by atoms with van der Waals surface area (Å²) in [6, 6.07) is 13.6. The smallest absolute Gasteiger partial charge is 0.410 e. The summed E-state index contributed by atoms with van der Waals surface area (Å²) < 4.78 is 22.9. The number of likely N-dealkylation sites (tertiary alicyclic amines) is 1. The molecule has 1 fully saturated rings. The average molecular weight is 611 g/mol. The van der Waals surface area contributed by atoms with Gasteiger partial charge in [-0.25, -0.2) is 19.2 Å². The minimum Gasteiger partial charge on any atom is -0.444 e. The van der Waals surface area contributed by atoms with Crippen LogP contribution in [0.3, 0.4) is 0 Å². The highest BCUT2D eigenvalue weighted by Crippen LogP contribution is 2.32. The van der Waals surface area contributed by atoms with E-state index in [4.69, 9.17) is 10.5 Å². The standard InChI is InChI=1S/C32H31FN8O4/c1-32(2,3)45-31(44)39-15-5-6-22(18-39)40(28-24-16-20(27(34)42)9-8-19(24)12-14-36-28)30(43)23-11-10-21(17-25(23)33)41-29-26(37-38-41)7-4-13-35-29/h4,7-14,16-17,22H,5-6,15,18H2,1-3H3,(H2,34,42)/t22-/m1/s1. The molecule has 5 aromatic rings. The first-order chi connectivity index (χ1) is 21.5. The highest BCUT2D eigenvalue weighted by atomic mass is 19.1. The van der Waals surface area contributed by atoms with Gasteiger partial charge in [0.05, 0.1) is 17.3 Å². The number of benzene rings is 2. The first kappa shape index (κ1) is 29.6. The van der Waals surface area contributed by atoms with E-state index in [0.717, 1.165) is 0 Å². The van der Waals surface area contributed by atoms with Crippen molar-refractivity contribution in [2.75, 3.05) is 18.0 Å². The van der Waals surface area contributed by atoms with Crippen LogP contribution in [-0.2, 0) is 4.74 Å². The summed E-state index contributed by atoms with van der Waals surface area (Å²) in [5.74, 6) is -1.89. The number of hydrogen-bond donors (Lipinski definition) is 1. The molecule has 1 atom stereocenters. The van der Waals surface area contributed by atoms with Crippen LogP contribution in [0.15, 0.2) is 67.0 Å². The Morgan fingerprint density at radius 1 is 1.04 bits per heavy atom. The van der Waals surface area contributed by atoms with Gasteiger partial charge in [0.1, 0.15) is 22.8 Å². The second-order valence-electron chi connectivity index (χ2n) is 11.8. The van der Waals surface area contributed by atoms with Gasteiger partial charge in [0.15, 0.2) is 5.65 Å². The summed E-state index contributed by atoms with van der Waals surface area (Å²) in [7, 11) is 0. The van der Waals surface area contributed by atoms with Gasteiger partial charge >= 0.3 is 6.09 Å². The molecule has 4 heterocycles. The number of hydrogen-bond acceptors (Lipinski definition) is 8. The van der Waals surface area contributed by atoms with Crippen molar-refractivity contribution in [2.24, 2.45) is 5.73 Å². The molecule has 3 aromatic heterocycles. The minimum absolute atomic E-state index is 0.130. The molecular formula is C32H31FN8O4. The number of ether oxygens (including phenoxy) is 1. The molecule has 1 saturated heterocycles. The Kier molecular flexibility index (Phi) is 7.61. The van der Waals surface area contributed by atoms with Crippen LogP contribution in [-0.4, -0.2) is 72.5 Å². The van der Waals surface area contributed by atoms with E-state index in [2.05, 4.69) is 20.3 Å². The lowest BCUT2D eigenvalue weighted by Gasteiger charge is -2.39. The fourth-order valence-electron chi connectivity index (χ4n) is 5.47. The van der Waals surface area contributed by atoms with Crippen LogP contribution >= 0.6 is 0 Å². The van der Waals surface area contributed by atoms with E-state index in [-0.39, 0.29) is 23.5 Å². The normalized spacial score (nSPS) is 15.3. The molecule has 0 radical (unpaired) electrons. The molecule has 0 unspecified atom stereocenters. The van der Waals surface area contributed by atoms with E-state index in [1.165, 1.54) is 21.7 Å². The number of nitrogens with two attached hydrogens (primary N) is 1. The number of fused-ring (bicyclic) bond motifs is 2. The van der Waals surface area contributed by atoms with Crippen LogP contribution in [0.1, 0.15) is 54.3 Å². The van der Waals surface area contributed by atoms with E-state index in [1.54, 1.807) is 80.5 Å². The molecule has 2 aromatic carbocycles. The fraction of sp³-hybridized carbons (Fsp3) is 0.281. The number of rotatable bonds is 5. The van der Waals surface area contributed by atoms with Crippen molar-refractivity contribution in [3.05, 3.63) is 83.9 Å². The zero-order valence-corrected chi connectivity index (χ0v) is 25.0. The predicted molar refractivity (Wildman–Crippen MR) is 165 cm³/mol. The van der Waals surface area contributed by atoms with Crippen LogP contribution < -0.4 is 10.6 Å². The van der Waals surface area contributed by atoms with Gasteiger partial charge in [-0.15, -0.1) is 5.10 Å². The van der Waals surface area contributed by atoms with Crippen LogP contribution in [0.4, 0.5) is 15.0 Å². The van der Waals surface area contributed by atoms with E-state index >= 15 is 4.39 Å². The number of piperidine rings is 1. The third-order valence-electron chi connectivity index (χ3n) is 7.53. The molecule has 3 amide bonds. The molecule has 230 valence electrons. The van der Waals surface area contributed by atoms with Gasteiger partial charge in [0.2, 0.25) is 5.91 Å². The van der Waals surface area contributed by atoms with E-state index in [9.17, 15) is 14.4 Å². The van der Waals surface area contributed by atoms with E-state index in [0.29, 0.717) is 47.0 Å². The Morgan fingerprint density at radius 2 is 1.87 bits per heavy atom. The van der Waals surface area contributed by atoms with Crippen molar-refractivity contribution in [3.63, 3.8) is 0 Å². The van der Waals surface area contributed by atoms with Crippen molar-refractivity contribution in [2.45, 2.75) is 45.3 Å². The van der Waals surface area contributed by atoms with Crippen molar-refractivity contribution >= 4 is 45.7 Å². The van der Waals surface area contributed by atoms with Gasteiger partial charge in [0, 0.05) is 42.5 Å². The summed E-state index contributed by atoms with van der Waals surface area (Å²) in [5, 5.41) is 9.34. The maximum atomic E-state index is 15.9. The Hall–Kier alpha value is -5.46. The van der Waals surface area contributed by atoms with Crippen molar-refractivity contribution in [1.82, 2.24) is 29.9 Å². The zero-order valence-electron chi connectivity index (χ0n) is 25.0. The molecule has 1 aliphatic rings. The summed E-state index contributed by atoms with van der Waals surface area (Å²) in [5.41, 5.74) is 6.18. The van der Waals surface area contributed by atoms with E-state index in [1.807, 2.05) is 0 Å². The molecular weight excluding hydrogens is 579 g/mol. The summed E-state index contributed by atoms with van der Waals surface area (Å²) >= 11 is 0. The maximum absolute atomic E-state index is 15.9. The minimum atomic E-state index is -0.792. The molecule has 2 N–H and O–H groups in total. The lowest BCUT2D eigenvalue weighted by Crippen LogP contribution is -2.53. The Morgan fingerprint density at radius 3 is 2.62 bits per heavy atom. The largest absolute Gasteiger partial charge is 0.444 e. The summed E-state index contributed by atoms with van der Waals surface area (Å²) in [4.78, 5) is 51.3. The number of nitrogens with zero attached hydrogens (tertiary/aromatic N) is 7. The van der Waals surface area contributed by atoms with Crippen molar-refractivity contribution < 1.29 is 23.5 Å². The quantitative estimate of drug-likeness (QED) is 0.302. The number of pyridine rings is 2. The molecule has 45 heavy (non-hydrogen) atoms. The monoisotopic (exact) mass is 610 g/mol. The summed E-state index contributed by atoms with van der Waals surface area (Å²) in [6.45, 7) is 5.91. The lowest BCUT2D eigenvalue weighted by molar-refractivity contribution is 0.0195. The van der Waals surface area contributed by atoms with E-state index < -0.39 is 35.4 Å². The molecule has 0 bridgehead atoms. The highest BCUT2D eigenvalue weighted by Gasteiger charge is 2.36. The Labute approximate surface area is 257 Å². The van der Waals surface area contributed by atoms with Gasteiger partial charge in [-0.1, -0.05) is 11.3 Å². The highest BCUT2D eigenvalue weighted by molar-refractivity contribution is 6.11. The topological polar surface area (TPSA) is 149 Å². The maximum Gasteiger partial charge on any atom is 0.410 e. The first-order valence-corrected chi connectivity index (χ1v) is 14.5. The third-order valence-corrected chi connectivity index (χ3v) is 7.53. The van der Waals surface area contributed by atoms with Gasteiger partial charge < -0.3 is 15.4 Å². The zero-order chi connectivity index (χ0) is 31.9. The van der Waals surface area contributed by atoms with Crippen LogP contribution in [0.5, 0.6) is 0 Å². The SMILES string of the molecule is CC(C)(C)OC(=O)N1CCC[C@@H](N(C(=O)c2ccc(-n3nnc4cccnc43)cc2F)c2nccc3ccc(C(N)=O)cc23)C1. The molecule has 6 rings (SSSR count). The number of primary amides is 1. The second kappa shape index (κ2) is 11.6. The van der Waals surface area contributed by atoms with Crippen LogP contribution in [0, 0.1) is 5.82 Å². The van der Waals surface area contributed by atoms with Gasteiger partial charge in [-0.05, 0) is 81.5 Å². The van der Waals surface area contributed by atoms with Crippen molar-refractivity contribution in [3.8, 4) is 5.69 Å². The van der Waals surface area contributed by atoms with Crippen LogP contribution in [0.2, 0.25) is 0 Å². The van der Waals surface area contributed by atoms with Gasteiger partial charge in [-0.2, -0.15) is 4.68 Å². The number of carbonyl (C=O) groups is 3. The predicted octanol–water partition coefficient (Wildman–Crippen LogP) is 4.65. The average Bonchev–Trinajstić information content (AvgIpc) is 3.44. The number of halogens is 1. The third kappa shape index (κ3) is 5.88.